The number of fused-ring (bicyclic) bond motifs is 1. The largest absolute Gasteiger partial charge is 0.399 e. The van der Waals surface area contributed by atoms with E-state index in [0.717, 1.165) is 40.7 Å². The molecule has 36 heavy (non-hydrogen) atoms. The molecule has 0 aliphatic carbocycles. The van der Waals surface area contributed by atoms with E-state index in [4.69, 9.17) is 5.73 Å². The van der Waals surface area contributed by atoms with Crippen molar-refractivity contribution in [2.24, 2.45) is 0 Å². The van der Waals surface area contributed by atoms with E-state index in [0.29, 0.717) is 16.8 Å². The van der Waals surface area contributed by atoms with Gasteiger partial charge in [-0.1, -0.05) is 67.5 Å². The number of carbonyl (C=O) groups is 2. The van der Waals surface area contributed by atoms with E-state index in [1.807, 2.05) is 92.8 Å². The zero-order chi connectivity index (χ0) is 27.9. The highest BCUT2D eigenvalue weighted by Gasteiger charge is 2.06. The van der Waals surface area contributed by atoms with Crippen molar-refractivity contribution in [3.05, 3.63) is 77.9 Å². The highest BCUT2D eigenvalue weighted by Crippen LogP contribution is 2.23. The zero-order valence-corrected chi connectivity index (χ0v) is 23.3. The summed E-state index contributed by atoms with van der Waals surface area (Å²) in [5.41, 5.74) is 11.1. The van der Waals surface area contributed by atoms with Gasteiger partial charge in [0.1, 0.15) is 18.4 Å². The first kappa shape index (κ1) is 34.2. The number of hydrogen-bond acceptors (Lipinski definition) is 5. The molecular formula is C30H44N4O2. The van der Waals surface area contributed by atoms with Crippen LogP contribution in [-0.4, -0.2) is 29.6 Å². The number of rotatable bonds is 4. The van der Waals surface area contributed by atoms with E-state index in [1.165, 1.54) is 0 Å². The Labute approximate surface area is 217 Å². The van der Waals surface area contributed by atoms with Gasteiger partial charge in [-0.05, 0) is 54.6 Å². The van der Waals surface area contributed by atoms with Crippen LogP contribution in [0, 0.1) is 0 Å². The fourth-order valence-electron chi connectivity index (χ4n) is 2.63. The molecule has 0 saturated heterocycles. The van der Waals surface area contributed by atoms with E-state index in [2.05, 4.69) is 15.3 Å². The Morgan fingerprint density at radius 3 is 1.83 bits per heavy atom. The topological polar surface area (TPSA) is 101 Å². The normalized spacial score (nSPS) is 8.47. The Kier molecular flexibility index (Phi) is 20.5. The van der Waals surface area contributed by atoms with Crippen LogP contribution in [0.4, 0.5) is 11.4 Å². The van der Waals surface area contributed by atoms with Gasteiger partial charge in [0, 0.05) is 35.1 Å². The smallest absolute Gasteiger partial charge is 0.150 e. The highest BCUT2D eigenvalue weighted by atomic mass is 16.1. The molecule has 6 nitrogen and oxygen atoms in total. The number of aldehydes is 2. The summed E-state index contributed by atoms with van der Waals surface area (Å²) >= 11 is 0. The van der Waals surface area contributed by atoms with E-state index in [9.17, 15) is 9.59 Å². The van der Waals surface area contributed by atoms with Crippen molar-refractivity contribution in [3.63, 3.8) is 0 Å². The van der Waals surface area contributed by atoms with Gasteiger partial charge in [-0.25, -0.2) is 4.98 Å². The maximum atomic E-state index is 10.8. The van der Waals surface area contributed by atoms with Crippen molar-refractivity contribution >= 4 is 35.0 Å². The minimum Gasteiger partial charge on any atom is -0.399 e. The Hall–Kier alpha value is -3.93. The summed E-state index contributed by atoms with van der Waals surface area (Å²) in [4.78, 5) is 28.6. The molecule has 4 aromatic rings. The van der Waals surface area contributed by atoms with Gasteiger partial charge in [0.2, 0.25) is 0 Å². The van der Waals surface area contributed by atoms with Crippen LogP contribution in [0.25, 0.3) is 22.4 Å². The maximum absolute atomic E-state index is 10.8. The van der Waals surface area contributed by atoms with Crippen molar-refractivity contribution in [1.82, 2.24) is 9.97 Å². The average Bonchev–Trinajstić information content (AvgIpc) is 3.42. The summed E-state index contributed by atoms with van der Waals surface area (Å²) in [5.74, 6) is 0.801. The van der Waals surface area contributed by atoms with Crippen LogP contribution in [-0.2, 0) is 0 Å². The fourth-order valence-corrected chi connectivity index (χ4v) is 2.63. The molecule has 4 N–H and O–H groups in total. The Morgan fingerprint density at radius 2 is 1.31 bits per heavy atom. The van der Waals surface area contributed by atoms with Gasteiger partial charge in [0.05, 0.1) is 11.0 Å². The van der Waals surface area contributed by atoms with Crippen LogP contribution in [0.3, 0.4) is 0 Å². The molecule has 4 rings (SSSR count). The Balaban J connectivity index is 0. The summed E-state index contributed by atoms with van der Waals surface area (Å²) in [5, 5.41) is 3.10. The second-order valence-corrected chi connectivity index (χ2v) is 6.10. The first-order valence-corrected chi connectivity index (χ1v) is 12.7. The minimum atomic E-state index is 0.645. The summed E-state index contributed by atoms with van der Waals surface area (Å²) in [6, 6.07) is 20.2. The van der Waals surface area contributed by atoms with Crippen LogP contribution in [0.1, 0.15) is 76.1 Å². The third-order valence-electron chi connectivity index (χ3n) is 4.14. The molecule has 3 aromatic carbocycles. The summed E-state index contributed by atoms with van der Waals surface area (Å²) < 4.78 is 0. The van der Waals surface area contributed by atoms with Crippen molar-refractivity contribution in [2.45, 2.75) is 55.4 Å². The predicted octanol–water partition coefficient (Wildman–Crippen LogP) is 8.27. The van der Waals surface area contributed by atoms with Crippen molar-refractivity contribution < 1.29 is 9.59 Å². The molecule has 0 aliphatic rings. The number of H-pyrrole nitrogens is 1. The summed E-state index contributed by atoms with van der Waals surface area (Å²) in [7, 11) is 1.88. The molecule has 196 valence electrons. The van der Waals surface area contributed by atoms with E-state index in [-0.39, 0.29) is 0 Å². The van der Waals surface area contributed by atoms with Crippen LogP contribution < -0.4 is 11.1 Å². The summed E-state index contributed by atoms with van der Waals surface area (Å²) in [6.45, 7) is 16.0. The fraction of sp³-hybridized carbons (Fsp3) is 0.300. The number of hydrogen-bond donors (Lipinski definition) is 3. The van der Waals surface area contributed by atoms with E-state index < -0.39 is 0 Å². The Bertz CT molecular complexity index is 1100. The molecule has 1 aromatic heterocycles. The number of nitrogens with one attached hydrogen (secondary N) is 2. The highest BCUT2D eigenvalue weighted by molar-refractivity contribution is 5.86. The minimum absolute atomic E-state index is 0.645. The second-order valence-electron chi connectivity index (χ2n) is 6.10. The number of carbonyl (C=O) groups excluding carboxylic acids is 2. The molecule has 0 bridgehead atoms. The van der Waals surface area contributed by atoms with Gasteiger partial charge in [0.25, 0.3) is 0 Å². The number of nitrogens with zero attached hydrogens (tertiary/aromatic N) is 1. The molecule has 0 atom stereocenters. The SMILES string of the molecule is CC.CC.CC.CC.CNc1cccc(-c2nc3ccc(C=O)cc3[nH]2)c1.Nc1ccc(C=O)cc1. The van der Waals surface area contributed by atoms with Crippen LogP contribution in [0.2, 0.25) is 0 Å². The van der Waals surface area contributed by atoms with Gasteiger partial charge in [-0.15, -0.1) is 0 Å². The predicted molar refractivity (Wildman–Crippen MR) is 158 cm³/mol. The third-order valence-corrected chi connectivity index (χ3v) is 4.14. The monoisotopic (exact) mass is 492 g/mol. The third kappa shape index (κ3) is 11.5. The van der Waals surface area contributed by atoms with Gasteiger partial charge < -0.3 is 16.0 Å². The van der Waals surface area contributed by atoms with Gasteiger partial charge in [0.15, 0.2) is 0 Å². The van der Waals surface area contributed by atoms with Crippen molar-refractivity contribution in [2.75, 3.05) is 18.1 Å². The molecule has 0 aliphatic heterocycles. The number of nitrogens with two attached hydrogens (primary N) is 1. The first-order valence-electron chi connectivity index (χ1n) is 12.7. The first-order chi connectivity index (χ1) is 17.6. The van der Waals surface area contributed by atoms with Gasteiger partial charge >= 0.3 is 0 Å². The molecule has 1 heterocycles. The second kappa shape index (κ2) is 21.6. The molecule has 0 saturated carbocycles. The number of aromatic amines is 1. The molecule has 0 amide bonds. The lowest BCUT2D eigenvalue weighted by Crippen LogP contribution is -1.88. The zero-order valence-electron chi connectivity index (χ0n) is 23.3. The molecule has 0 fully saturated rings. The molecule has 0 unspecified atom stereocenters. The number of imidazole rings is 1. The standard InChI is InChI=1S/C15H13N3O.C7H7NO.4C2H6/c1-16-12-4-2-3-11(8-12)15-17-13-6-5-10(9-19)7-14(13)18-15;8-7-3-1-6(5-9)2-4-7;4*1-2/h2-9,16H,1H3,(H,17,18);1-5H,8H2;4*1-2H3. The number of nitrogen functional groups attached to an aromatic ring is 1. The van der Waals surface area contributed by atoms with Crippen LogP contribution in [0.5, 0.6) is 0 Å². The number of benzene rings is 3. The van der Waals surface area contributed by atoms with E-state index in [1.54, 1.807) is 36.4 Å². The average molecular weight is 493 g/mol. The molecule has 0 radical (unpaired) electrons. The Morgan fingerprint density at radius 1 is 0.750 bits per heavy atom. The maximum Gasteiger partial charge on any atom is 0.150 e. The molecule has 6 heteroatoms. The molecule has 0 spiro atoms. The quantitative estimate of drug-likeness (QED) is 0.196. The lowest BCUT2D eigenvalue weighted by molar-refractivity contribution is 0.111. The van der Waals surface area contributed by atoms with Crippen LogP contribution >= 0.6 is 0 Å². The van der Waals surface area contributed by atoms with Crippen molar-refractivity contribution in [1.29, 1.82) is 0 Å². The number of anilines is 2. The van der Waals surface area contributed by atoms with Gasteiger partial charge in [-0.2, -0.15) is 0 Å². The molecular weight excluding hydrogens is 448 g/mol. The number of aromatic nitrogens is 2. The van der Waals surface area contributed by atoms with E-state index >= 15 is 0 Å². The summed E-state index contributed by atoms with van der Waals surface area (Å²) in [6.07, 6.45) is 1.63. The van der Waals surface area contributed by atoms with Crippen LogP contribution in [0.15, 0.2) is 66.7 Å². The lowest BCUT2D eigenvalue weighted by Gasteiger charge is -2.01. The van der Waals surface area contributed by atoms with Crippen molar-refractivity contribution in [3.8, 4) is 11.4 Å². The van der Waals surface area contributed by atoms with Gasteiger partial charge in [-0.3, -0.25) is 9.59 Å². The lowest BCUT2D eigenvalue weighted by atomic mass is 10.2.